The largest absolute Gasteiger partial charge is 0.354 e. The summed E-state index contributed by atoms with van der Waals surface area (Å²) in [5.41, 5.74) is 1.13. The molecule has 0 saturated carbocycles. The van der Waals surface area contributed by atoms with Crippen molar-refractivity contribution in [3.63, 3.8) is 0 Å². The molecule has 1 saturated heterocycles. The van der Waals surface area contributed by atoms with Crippen LogP contribution >= 0.6 is 0 Å². The zero-order valence-corrected chi connectivity index (χ0v) is 12.5. The highest BCUT2D eigenvalue weighted by Gasteiger charge is 2.28. The topological polar surface area (TPSA) is 41.1 Å². The van der Waals surface area contributed by atoms with Crippen LogP contribution < -0.4 is 10.6 Å². The number of benzene rings is 2. The Bertz CT molecular complexity index is 644. The van der Waals surface area contributed by atoms with Gasteiger partial charge in [-0.15, -0.1) is 0 Å². The summed E-state index contributed by atoms with van der Waals surface area (Å²) in [6.45, 7) is 3.94. The Labute approximate surface area is 125 Å². The standard InChI is InChI=1S/C18H22N2O/c1-18(9-4-10-20-18)13-19-17(21)12-14-7-8-15-5-2-3-6-16(15)11-14/h2-3,5-8,11,20H,4,9-10,12-13H2,1H3,(H,19,21). The summed E-state index contributed by atoms with van der Waals surface area (Å²) in [6.07, 6.45) is 2.77. The average Bonchev–Trinajstić information content (AvgIpc) is 2.92. The molecular formula is C18H22N2O. The summed E-state index contributed by atoms with van der Waals surface area (Å²) in [4.78, 5) is 12.1. The lowest BCUT2D eigenvalue weighted by Crippen LogP contribution is -2.47. The van der Waals surface area contributed by atoms with E-state index in [9.17, 15) is 4.79 Å². The van der Waals surface area contributed by atoms with Crippen LogP contribution in [0.2, 0.25) is 0 Å². The van der Waals surface area contributed by atoms with Crippen LogP contribution in [0.5, 0.6) is 0 Å². The maximum absolute atomic E-state index is 12.1. The average molecular weight is 282 g/mol. The minimum Gasteiger partial charge on any atom is -0.354 e. The van der Waals surface area contributed by atoms with Crippen molar-refractivity contribution in [2.75, 3.05) is 13.1 Å². The minimum atomic E-state index is 0.0685. The predicted octanol–water partition coefficient (Wildman–Crippen LogP) is 2.64. The normalized spacial score (nSPS) is 21.6. The molecule has 2 N–H and O–H groups in total. The number of fused-ring (bicyclic) bond motifs is 1. The first-order valence-electron chi connectivity index (χ1n) is 7.64. The number of carbonyl (C=O) groups is 1. The summed E-state index contributed by atoms with van der Waals surface area (Å²) >= 11 is 0. The van der Waals surface area contributed by atoms with Crippen LogP contribution in [0.4, 0.5) is 0 Å². The SMILES string of the molecule is CC1(CNC(=O)Cc2ccc3ccccc3c2)CCCN1. The molecule has 3 heteroatoms. The van der Waals surface area contributed by atoms with Crippen molar-refractivity contribution in [2.24, 2.45) is 0 Å². The van der Waals surface area contributed by atoms with Gasteiger partial charge in [-0.25, -0.2) is 0 Å². The van der Waals surface area contributed by atoms with Crippen LogP contribution in [0.3, 0.4) is 0 Å². The van der Waals surface area contributed by atoms with E-state index in [1.165, 1.54) is 17.2 Å². The van der Waals surface area contributed by atoms with E-state index in [1.807, 2.05) is 18.2 Å². The molecule has 1 fully saturated rings. The fourth-order valence-corrected chi connectivity index (χ4v) is 3.00. The van der Waals surface area contributed by atoms with Crippen molar-refractivity contribution < 1.29 is 4.79 Å². The van der Waals surface area contributed by atoms with Crippen LogP contribution in [0, 0.1) is 0 Å². The van der Waals surface area contributed by atoms with Gasteiger partial charge in [0.1, 0.15) is 0 Å². The zero-order valence-electron chi connectivity index (χ0n) is 12.5. The highest BCUT2D eigenvalue weighted by molar-refractivity contribution is 5.85. The number of rotatable bonds is 4. The van der Waals surface area contributed by atoms with Gasteiger partial charge in [-0.3, -0.25) is 4.79 Å². The lowest BCUT2D eigenvalue weighted by molar-refractivity contribution is -0.120. The molecule has 0 radical (unpaired) electrons. The van der Waals surface area contributed by atoms with Gasteiger partial charge in [0.2, 0.25) is 5.91 Å². The smallest absolute Gasteiger partial charge is 0.224 e. The molecule has 0 aliphatic carbocycles. The fraction of sp³-hybridized carbons (Fsp3) is 0.389. The maximum atomic E-state index is 12.1. The molecular weight excluding hydrogens is 260 g/mol. The van der Waals surface area contributed by atoms with E-state index in [4.69, 9.17) is 0 Å². The first kappa shape index (κ1) is 14.1. The van der Waals surface area contributed by atoms with Crippen LogP contribution in [-0.2, 0) is 11.2 Å². The van der Waals surface area contributed by atoms with Crippen molar-refractivity contribution in [1.29, 1.82) is 0 Å². The molecule has 1 amide bonds. The minimum absolute atomic E-state index is 0.0685. The Hall–Kier alpha value is -1.87. The molecule has 1 aliphatic rings. The summed E-state index contributed by atoms with van der Waals surface area (Å²) in [6, 6.07) is 14.5. The number of hydrogen-bond donors (Lipinski definition) is 2. The Balaban J connectivity index is 1.60. The molecule has 2 aromatic rings. The number of carbonyl (C=O) groups excluding carboxylic acids is 1. The van der Waals surface area contributed by atoms with E-state index in [0.717, 1.165) is 18.5 Å². The van der Waals surface area contributed by atoms with E-state index in [2.05, 4.69) is 41.8 Å². The lowest BCUT2D eigenvalue weighted by atomic mass is 10.0. The molecule has 3 rings (SSSR count). The second-order valence-electron chi connectivity index (χ2n) is 6.23. The van der Waals surface area contributed by atoms with Crippen LogP contribution in [0.15, 0.2) is 42.5 Å². The van der Waals surface area contributed by atoms with E-state index >= 15 is 0 Å². The highest BCUT2D eigenvalue weighted by atomic mass is 16.1. The van der Waals surface area contributed by atoms with Crippen molar-refractivity contribution in [2.45, 2.75) is 31.7 Å². The van der Waals surface area contributed by atoms with E-state index in [-0.39, 0.29) is 11.4 Å². The van der Waals surface area contributed by atoms with E-state index in [1.54, 1.807) is 0 Å². The Morgan fingerprint density at radius 1 is 1.24 bits per heavy atom. The fourth-order valence-electron chi connectivity index (χ4n) is 3.00. The Kier molecular flexibility index (Phi) is 3.93. The van der Waals surface area contributed by atoms with Gasteiger partial charge in [0.25, 0.3) is 0 Å². The zero-order chi connectivity index (χ0) is 14.7. The summed E-state index contributed by atoms with van der Waals surface area (Å²) in [5.74, 6) is 0.0974. The van der Waals surface area contributed by atoms with Crippen molar-refractivity contribution >= 4 is 16.7 Å². The molecule has 2 aromatic carbocycles. The number of hydrogen-bond acceptors (Lipinski definition) is 2. The van der Waals surface area contributed by atoms with Gasteiger partial charge in [-0.2, -0.15) is 0 Å². The van der Waals surface area contributed by atoms with Gasteiger partial charge in [0.05, 0.1) is 6.42 Å². The third-order valence-electron chi connectivity index (χ3n) is 4.31. The highest BCUT2D eigenvalue weighted by Crippen LogP contribution is 2.18. The molecule has 0 spiro atoms. The Morgan fingerprint density at radius 3 is 2.81 bits per heavy atom. The number of nitrogens with one attached hydrogen (secondary N) is 2. The van der Waals surface area contributed by atoms with Gasteiger partial charge in [-0.05, 0) is 42.6 Å². The predicted molar refractivity (Wildman–Crippen MR) is 86.3 cm³/mol. The Morgan fingerprint density at radius 2 is 2.05 bits per heavy atom. The third kappa shape index (κ3) is 3.42. The molecule has 3 nitrogen and oxygen atoms in total. The molecule has 1 aliphatic heterocycles. The number of amides is 1. The van der Waals surface area contributed by atoms with Crippen molar-refractivity contribution in [3.8, 4) is 0 Å². The summed E-state index contributed by atoms with van der Waals surface area (Å²) < 4.78 is 0. The van der Waals surface area contributed by atoms with E-state index in [0.29, 0.717) is 13.0 Å². The van der Waals surface area contributed by atoms with Crippen LogP contribution in [0.25, 0.3) is 10.8 Å². The van der Waals surface area contributed by atoms with Crippen LogP contribution in [0.1, 0.15) is 25.3 Å². The first-order chi connectivity index (χ1) is 10.1. The second-order valence-corrected chi connectivity index (χ2v) is 6.23. The van der Waals surface area contributed by atoms with Gasteiger partial charge < -0.3 is 10.6 Å². The van der Waals surface area contributed by atoms with E-state index < -0.39 is 0 Å². The summed E-state index contributed by atoms with van der Waals surface area (Å²) in [7, 11) is 0. The third-order valence-corrected chi connectivity index (χ3v) is 4.31. The molecule has 0 bridgehead atoms. The van der Waals surface area contributed by atoms with Crippen LogP contribution in [-0.4, -0.2) is 24.5 Å². The van der Waals surface area contributed by atoms with Gasteiger partial charge in [0.15, 0.2) is 0 Å². The molecule has 21 heavy (non-hydrogen) atoms. The first-order valence-corrected chi connectivity index (χ1v) is 7.64. The van der Waals surface area contributed by atoms with Gasteiger partial charge in [-0.1, -0.05) is 42.5 Å². The van der Waals surface area contributed by atoms with Crippen molar-refractivity contribution in [1.82, 2.24) is 10.6 Å². The maximum Gasteiger partial charge on any atom is 0.224 e. The molecule has 1 heterocycles. The summed E-state index contributed by atoms with van der Waals surface area (Å²) in [5, 5.41) is 8.92. The van der Waals surface area contributed by atoms with Gasteiger partial charge >= 0.3 is 0 Å². The molecule has 1 unspecified atom stereocenters. The quantitative estimate of drug-likeness (QED) is 0.905. The molecule has 1 atom stereocenters. The molecule has 0 aromatic heterocycles. The van der Waals surface area contributed by atoms with Gasteiger partial charge in [0, 0.05) is 12.1 Å². The molecule has 110 valence electrons. The second kappa shape index (κ2) is 5.86. The van der Waals surface area contributed by atoms with Crippen molar-refractivity contribution in [3.05, 3.63) is 48.0 Å². The monoisotopic (exact) mass is 282 g/mol. The lowest BCUT2D eigenvalue weighted by Gasteiger charge is -2.24.